The highest BCUT2D eigenvalue weighted by Gasteiger charge is 2.30. The van der Waals surface area contributed by atoms with Gasteiger partial charge in [-0.1, -0.05) is 18.5 Å². The number of carbonyl (C=O) groups is 1. The van der Waals surface area contributed by atoms with Crippen LogP contribution in [0.2, 0.25) is 5.02 Å². The summed E-state index contributed by atoms with van der Waals surface area (Å²) in [6.07, 6.45) is 0. The molecule has 1 aromatic rings. The van der Waals surface area contributed by atoms with Crippen molar-refractivity contribution in [2.45, 2.75) is 6.92 Å². The number of halogens is 1. The van der Waals surface area contributed by atoms with Crippen LogP contribution in [0.25, 0.3) is 0 Å². The Labute approximate surface area is 115 Å². The van der Waals surface area contributed by atoms with Gasteiger partial charge >= 0.3 is 0 Å². The predicted molar refractivity (Wildman–Crippen MR) is 72.3 cm³/mol. The number of nitro groups is 1. The fourth-order valence-corrected chi connectivity index (χ4v) is 2.27. The van der Waals surface area contributed by atoms with E-state index < -0.39 is 4.92 Å². The molecule has 1 aliphatic rings. The summed E-state index contributed by atoms with van der Waals surface area (Å²) in [5, 5.41) is 16.8. The van der Waals surface area contributed by atoms with E-state index in [-0.39, 0.29) is 34.1 Å². The van der Waals surface area contributed by atoms with Crippen molar-refractivity contribution in [1.82, 2.24) is 5.32 Å². The van der Waals surface area contributed by atoms with Crippen LogP contribution in [-0.2, 0) is 4.79 Å². The molecule has 1 fully saturated rings. The largest absolute Gasteiger partial charge is 0.324 e. The number of rotatable bonds is 3. The maximum Gasteiger partial charge on any atom is 0.271 e. The molecule has 6 nitrogen and oxygen atoms in total. The van der Waals surface area contributed by atoms with Gasteiger partial charge in [0.15, 0.2) is 0 Å². The normalized spacial score (nSPS) is 22.2. The van der Waals surface area contributed by atoms with Crippen LogP contribution in [-0.4, -0.2) is 23.9 Å². The Morgan fingerprint density at radius 3 is 2.84 bits per heavy atom. The fourth-order valence-electron chi connectivity index (χ4n) is 2.11. The number of hydrogen-bond donors (Lipinski definition) is 2. The Morgan fingerprint density at radius 1 is 1.53 bits per heavy atom. The maximum atomic E-state index is 12.1. The standard InChI is InChI=1S/C12H14ClN3O3/c1-7-5-14-6-9(7)12(17)15-11-4-8(16(18)19)2-3-10(11)13/h2-4,7,9,14H,5-6H2,1H3,(H,15,17)/t7-,9-/m1/s1. The minimum absolute atomic E-state index is 0.0997. The van der Waals surface area contributed by atoms with E-state index in [1.165, 1.54) is 18.2 Å². The minimum atomic E-state index is -0.522. The van der Waals surface area contributed by atoms with Gasteiger partial charge in [-0.25, -0.2) is 0 Å². The van der Waals surface area contributed by atoms with Crippen LogP contribution < -0.4 is 10.6 Å². The zero-order valence-corrected chi connectivity index (χ0v) is 11.1. The summed E-state index contributed by atoms with van der Waals surface area (Å²) in [5.41, 5.74) is 0.178. The third kappa shape index (κ3) is 3.02. The summed E-state index contributed by atoms with van der Waals surface area (Å²) in [6, 6.07) is 3.98. The van der Waals surface area contributed by atoms with Gasteiger partial charge in [0.05, 0.1) is 21.6 Å². The number of benzene rings is 1. The SMILES string of the molecule is C[C@@H]1CNC[C@H]1C(=O)Nc1cc([N+](=O)[O-])ccc1Cl. The van der Waals surface area contributed by atoms with Gasteiger partial charge in [0.25, 0.3) is 5.69 Å². The fraction of sp³-hybridized carbons (Fsp3) is 0.417. The average molecular weight is 284 g/mol. The lowest BCUT2D eigenvalue weighted by Crippen LogP contribution is -2.27. The molecule has 7 heteroatoms. The number of amides is 1. The third-order valence-electron chi connectivity index (χ3n) is 3.27. The van der Waals surface area contributed by atoms with E-state index in [1.54, 1.807) is 0 Å². The van der Waals surface area contributed by atoms with Gasteiger partial charge in [0, 0.05) is 18.7 Å². The van der Waals surface area contributed by atoms with Crippen molar-refractivity contribution in [2.24, 2.45) is 11.8 Å². The first-order valence-electron chi connectivity index (χ1n) is 5.94. The second-order valence-electron chi connectivity index (χ2n) is 4.65. The topological polar surface area (TPSA) is 84.3 Å². The molecule has 1 saturated heterocycles. The molecule has 0 spiro atoms. The Balaban J connectivity index is 2.16. The molecule has 2 rings (SSSR count). The number of nitrogens with zero attached hydrogens (tertiary/aromatic N) is 1. The first-order chi connectivity index (χ1) is 8.99. The van der Waals surface area contributed by atoms with Gasteiger partial charge in [-0.2, -0.15) is 0 Å². The lowest BCUT2D eigenvalue weighted by molar-refractivity contribution is -0.384. The smallest absolute Gasteiger partial charge is 0.271 e. The molecule has 1 aliphatic heterocycles. The lowest BCUT2D eigenvalue weighted by atomic mass is 9.97. The Morgan fingerprint density at radius 2 is 2.26 bits per heavy atom. The van der Waals surface area contributed by atoms with Crippen LogP contribution in [0, 0.1) is 22.0 Å². The summed E-state index contributed by atoms with van der Waals surface area (Å²) in [7, 11) is 0. The molecule has 0 bridgehead atoms. The van der Waals surface area contributed by atoms with E-state index in [0.29, 0.717) is 6.54 Å². The van der Waals surface area contributed by atoms with Crippen molar-refractivity contribution in [2.75, 3.05) is 18.4 Å². The molecule has 0 unspecified atom stereocenters. The first-order valence-corrected chi connectivity index (χ1v) is 6.32. The van der Waals surface area contributed by atoms with Crippen molar-refractivity contribution in [3.63, 3.8) is 0 Å². The minimum Gasteiger partial charge on any atom is -0.324 e. The highest BCUT2D eigenvalue weighted by molar-refractivity contribution is 6.33. The molecule has 0 radical (unpaired) electrons. The number of nitrogens with one attached hydrogen (secondary N) is 2. The van der Waals surface area contributed by atoms with Gasteiger partial charge in [-0.05, 0) is 18.5 Å². The van der Waals surface area contributed by atoms with Crippen LogP contribution in [0.15, 0.2) is 18.2 Å². The molecule has 1 amide bonds. The highest BCUT2D eigenvalue weighted by Crippen LogP contribution is 2.28. The summed E-state index contributed by atoms with van der Waals surface area (Å²) < 4.78 is 0. The van der Waals surface area contributed by atoms with Gasteiger partial charge in [-0.15, -0.1) is 0 Å². The van der Waals surface area contributed by atoms with Crippen LogP contribution in [0.3, 0.4) is 0 Å². The van der Waals surface area contributed by atoms with E-state index in [9.17, 15) is 14.9 Å². The third-order valence-corrected chi connectivity index (χ3v) is 3.60. The van der Waals surface area contributed by atoms with Crippen LogP contribution >= 0.6 is 11.6 Å². The second-order valence-corrected chi connectivity index (χ2v) is 5.06. The number of hydrogen-bond acceptors (Lipinski definition) is 4. The molecule has 19 heavy (non-hydrogen) atoms. The predicted octanol–water partition coefficient (Wildman–Crippen LogP) is 2.04. The number of nitro benzene ring substituents is 1. The number of non-ortho nitro benzene ring substituents is 1. The van der Waals surface area contributed by atoms with E-state index in [2.05, 4.69) is 10.6 Å². The average Bonchev–Trinajstić information content (AvgIpc) is 2.78. The van der Waals surface area contributed by atoms with Crippen LogP contribution in [0.4, 0.5) is 11.4 Å². The van der Waals surface area contributed by atoms with Crippen LogP contribution in [0.5, 0.6) is 0 Å². The first kappa shape index (κ1) is 13.8. The lowest BCUT2D eigenvalue weighted by Gasteiger charge is -2.14. The maximum absolute atomic E-state index is 12.1. The van der Waals surface area contributed by atoms with Crippen LogP contribution in [0.1, 0.15) is 6.92 Å². The zero-order valence-electron chi connectivity index (χ0n) is 10.4. The molecular formula is C12H14ClN3O3. The molecule has 0 aromatic heterocycles. The van der Waals surface area contributed by atoms with E-state index >= 15 is 0 Å². The molecular weight excluding hydrogens is 270 g/mol. The molecule has 0 aliphatic carbocycles. The summed E-state index contributed by atoms with van der Waals surface area (Å²) in [6.45, 7) is 3.39. The molecule has 2 atom stereocenters. The van der Waals surface area contributed by atoms with Crippen molar-refractivity contribution in [1.29, 1.82) is 0 Å². The van der Waals surface area contributed by atoms with E-state index in [0.717, 1.165) is 6.54 Å². The van der Waals surface area contributed by atoms with Crippen molar-refractivity contribution < 1.29 is 9.72 Å². The Kier molecular flexibility index (Phi) is 4.01. The monoisotopic (exact) mass is 283 g/mol. The van der Waals surface area contributed by atoms with Gasteiger partial charge in [-0.3, -0.25) is 14.9 Å². The van der Waals surface area contributed by atoms with E-state index in [4.69, 9.17) is 11.6 Å². The van der Waals surface area contributed by atoms with E-state index in [1.807, 2.05) is 6.92 Å². The Hall–Kier alpha value is -1.66. The van der Waals surface area contributed by atoms with Gasteiger partial charge in [0.1, 0.15) is 0 Å². The van der Waals surface area contributed by atoms with Crippen molar-refractivity contribution in [3.05, 3.63) is 33.3 Å². The number of anilines is 1. The molecule has 1 aromatic carbocycles. The Bertz CT molecular complexity index is 521. The molecule has 1 heterocycles. The highest BCUT2D eigenvalue weighted by atomic mass is 35.5. The van der Waals surface area contributed by atoms with Gasteiger partial charge in [0.2, 0.25) is 5.91 Å². The quantitative estimate of drug-likeness (QED) is 0.657. The summed E-state index contributed by atoms with van der Waals surface area (Å²) in [5.74, 6) is -0.0762. The summed E-state index contributed by atoms with van der Waals surface area (Å²) in [4.78, 5) is 22.3. The summed E-state index contributed by atoms with van der Waals surface area (Å²) >= 11 is 5.94. The second kappa shape index (κ2) is 5.54. The molecule has 0 saturated carbocycles. The molecule has 2 N–H and O–H groups in total. The van der Waals surface area contributed by atoms with Crippen molar-refractivity contribution in [3.8, 4) is 0 Å². The number of carbonyl (C=O) groups excluding carboxylic acids is 1. The van der Waals surface area contributed by atoms with Crippen molar-refractivity contribution >= 4 is 28.9 Å². The zero-order chi connectivity index (χ0) is 14.0. The molecule has 102 valence electrons. The van der Waals surface area contributed by atoms with Gasteiger partial charge < -0.3 is 10.6 Å².